The molecule has 3 aromatic rings. The maximum Gasteiger partial charge on any atom is 0.161 e. The monoisotopic (exact) mass is 474 g/mol. The Bertz CT molecular complexity index is 1110. The average Bonchev–Trinajstić information content (AvgIpc) is 2.89. The lowest BCUT2D eigenvalue weighted by Crippen LogP contribution is -2.49. The Hall–Kier alpha value is -3.09. The Morgan fingerprint density at radius 3 is 2.43 bits per heavy atom. The molecule has 0 radical (unpaired) electrons. The molecule has 4 rings (SSSR count). The van der Waals surface area contributed by atoms with Crippen LogP contribution >= 0.6 is 0 Å². The molecule has 184 valence electrons. The third-order valence-electron chi connectivity index (χ3n) is 6.61. The van der Waals surface area contributed by atoms with Crippen LogP contribution in [0.15, 0.2) is 67.3 Å². The van der Waals surface area contributed by atoms with Crippen molar-refractivity contribution in [3.63, 3.8) is 0 Å². The van der Waals surface area contributed by atoms with E-state index in [1.165, 1.54) is 6.07 Å². The molecule has 0 spiro atoms. The van der Waals surface area contributed by atoms with Crippen LogP contribution in [0.4, 0.5) is 10.2 Å². The van der Waals surface area contributed by atoms with Crippen LogP contribution in [0.25, 0.3) is 11.4 Å². The minimum Gasteiger partial charge on any atom is -0.392 e. The van der Waals surface area contributed by atoms with Crippen molar-refractivity contribution in [3.05, 3.63) is 89.9 Å². The number of anilines is 1. The van der Waals surface area contributed by atoms with Gasteiger partial charge >= 0.3 is 0 Å². The Morgan fingerprint density at radius 1 is 1.03 bits per heavy atom. The maximum atomic E-state index is 14.6. The molecule has 1 aliphatic heterocycles. The highest BCUT2D eigenvalue weighted by molar-refractivity contribution is 5.61. The van der Waals surface area contributed by atoms with E-state index in [4.69, 9.17) is 9.97 Å². The number of β-amino-alcohol motifs (C(OH)–C–C–N with tert-alkyl or cyclic N) is 1. The lowest BCUT2D eigenvalue weighted by Gasteiger charge is -2.37. The van der Waals surface area contributed by atoms with Crippen molar-refractivity contribution < 1.29 is 9.50 Å². The topological polar surface area (TPSA) is 52.5 Å². The number of hydrogen-bond acceptors (Lipinski definition) is 5. The number of rotatable bonds is 10. The number of aliphatic hydroxyl groups excluding tert-OH is 1. The van der Waals surface area contributed by atoms with Crippen molar-refractivity contribution in [2.45, 2.75) is 38.7 Å². The highest BCUT2D eigenvalue weighted by atomic mass is 19.1. The Labute approximate surface area is 208 Å². The van der Waals surface area contributed by atoms with Crippen LogP contribution in [0.1, 0.15) is 36.6 Å². The molecule has 1 aliphatic rings. The summed E-state index contributed by atoms with van der Waals surface area (Å²) < 4.78 is 14.6. The molecule has 1 fully saturated rings. The molecule has 0 saturated carbocycles. The van der Waals surface area contributed by atoms with E-state index in [1.54, 1.807) is 6.07 Å². The standard InChI is InChI=1S/C29H35FN4O/c1-3-5-14-24(35)21-33-16-18-34(19-17-33)29-25(20-23-13-9-10-15-26(23)30)27(4-2)31-28(32-29)22-11-7-6-8-12-22/h3,6-13,15,24,35H,1,4-5,14,16-21H2,2H3/t24-/m1/s1. The van der Waals surface area contributed by atoms with Crippen LogP contribution in [-0.2, 0) is 12.8 Å². The molecule has 5 nitrogen and oxygen atoms in total. The van der Waals surface area contributed by atoms with E-state index in [-0.39, 0.29) is 11.9 Å². The molecular weight excluding hydrogens is 439 g/mol. The first-order valence-electron chi connectivity index (χ1n) is 12.5. The van der Waals surface area contributed by atoms with Gasteiger partial charge in [-0.15, -0.1) is 6.58 Å². The SMILES string of the molecule is C=CCC[C@@H](O)CN1CCN(c2nc(-c3ccccc3)nc(CC)c2Cc2ccccc2F)CC1. The lowest BCUT2D eigenvalue weighted by atomic mass is 10.0. The first kappa shape index (κ1) is 25.0. The van der Waals surface area contributed by atoms with E-state index in [0.717, 1.165) is 68.1 Å². The van der Waals surface area contributed by atoms with Gasteiger partial charge in [0.25, 0.3) is 0 Å². The first-order valence-corrected chi connectivity index (χ1v) is 12.5. The minimum atomic E-state index is -0.341. The Kier molecular flexibility index (Phi) is 8.61. The summed E-state index contributed by atoms with van der Waals surface area (Å²) in [4.78, 5) is 14.6. The van der Waals surface area contributed by atoms with Gasteiger partial charge in [-0.1, -0.05) is 61.5 Å². The molecule has 1 saturated heterocycles. The number of piperazine rings is 1. The molecule has 1 aromatic heterocycles. The lowest BCUT2D eigenvalue weighted by molar-refractivity contribution is 0.103. The van der Waals surface area contributed by atoms with Crippen LogP contribution in [0, 0.1) is 5.82 Å². The van der Waals surface area contributed by atoms with Gasteiger partial charge in [0.15, 0.2) is 5.82 Å². The van der Waals surface area contributed by atoms with Gasteiger partial charge in [0.05, 0.1) is 6.10 Å². The Morgan fingerprint density at radius 2 is 1.74 bits per heavy atom. The van der Waals surface area contributed by atoms with E-state index in [2.05, 4.69) is 23.3 Å². The fourth-order valence-corrected chi connectivity index (χ4v) is 4.64. The van der Waals surface area contributed by atoms with Gasteiger partial charge in [0.2, 0.25) is 0 Å². The van der Waals surface area contributed by atoms with E-state index in [9.17, 15) is 9.50 Å². The smallest absolute Gasteiger partial charge is 0.161 e. The second-order valence-corrected chi connectivity index (χ2v) is 9.09. The van der Waals surface area contributed by atoms with Crippen molar-refractivity contribution in [2.75, 3.05) is 37.6 Å². The van der Waals surface area contributed by atoms with Gasteiger partial charge in [-0.2, -0.15) is 0 Å². The summed E-state index contributed by atoms with van der Waals surface area (Å²) in [5, 5.41) is 10.3. The molecule has 1 N–H and O–H groups in total. The van der Waals surface area contributed by atoms with Crippen LogP contribution < -0.4 is 4.90 Å². The third-order valence-corrected chi connectivity index (χ3v) is 6.61. The summed E-state index contributed by atoms with van der Waals surface area (Å²) in [5.41, 5.74) is 3.59. The van der Waals surface area contributed by atoms with Crippen molar-refractivity contribution in [1.29, 1.82) is 0 Å². The van der Waals surface area contributed by atoms with E-state index in [1.807, 2.05) is 48.5 Å². The molecule has 2 heterocycles. The van der Waals surface area contributed by atoms with Crippen LogP contribution in [0.5, 0.6) is 0 Å². The predicted molar refractivity (Wildman–Crippen MR) is 140 cm³/mol. The highest BCUT2D eigenvalue weighted by Gasteiger charge is 2.25. The molecule has 1 atom stereocenters. The average molecular weight is 475 g/mol. The quantitative estimate of drug-likeness (QED) is 0.424. The van der Waals surface area contributed by atoms with Gasteiger partial charge in [0.1, 0.15) is 11.6 Å². The minimum absolute atomic E-state index is 0.203. The van der Waals surface area contributed by atoms with E-state index in [0.29, 0.717) is 24.4 Å². The van der Waals surface area contributed by atoms with Crippen LogP contribution in [0.3, 0.4) is 0 Å². The summed E-state index contributed by atoms with van der Waals surface area (Å²) in [6.07, 6.45) is 4.27. The fourth-order valence-electron chi connectivity index (χ4n) is 4.64. The highest BCUT2D eigenvalue weighted by Crippen LogP contribution is 2.29. The largest absolute Gasteiger partial charge is 0.392 e. The fraction of sp³-hybridized carbons (Fsp3) is 0.379. The van der Waals surface area contributed by atoms with Gasteiger partial charge in [-0.25, -0.2) is 14.4 Å². The summed E-state index contributed by atoms with van der Waals surface area (Å²) in [5.74, 6) is 1.40. The second-order valence-electron chi connectivity index (χ2n) is 9.09. The number of hydrogen-bond donors (Lipinski definition) is 1. The molecule has 35 heavy (non-hydrogen) atoms. The number of aromatic nitrogens is 2. The maximum absolute atomic E-state index is 14.6. The third kappa shape index (κ3) is 6.32. The first-order chi connectivity index (χ1) is 17.1. The number of benzene rings is 2. The van der Waals surface area contributed by atoms with Crippen LogP contribution in [-0.4, -0.2) is 58.8 Å². The number of nitrogens with zero attached hydrogens (tertiary/aromatic N) is 4. The van der Waals surface area contributed by atoms with Crippen LogP contribution in [0.2, 0.25) is 0 Å². The van der Waals surface area contributed by atoms with E-state index < -0.39 is 0 Å². The molecule has 0 aliphatic carbocycles. The summed E-state index contributed by atoms with van der Waals surface area (Å²) in [6, 6.07) is 17.0. The Balaban J connectivity index is 1.63. The normalized spacial score (nSPS) is 15.2. The second kappa shape index (κ2) is 12.0. The number of aryl methyl sites for hydroxylation is 1. The van der Waals surface area contributed by atoms with E-state index >= 15 is 0 Å². The molecule has 0 amide bonds. The van der Waals surface area contributed by atoms with Gasteiger partial charge in [-0.3, -0.25) is 4.90 Å². The molecular formula is C29H35FN4O. The van der Waals surface area contributed by atoms with Crippen molar-refractivity contribution in [2.24, 2.45) is 0 Å². The van der Waals surface area contributed by atoms with Gasteiger partial charge < -0.3 is 10.0 Å². The zero-order valence-electron chi connectivity index (χ0n) is 20.5. The zero-order chi connectivity index (χ0) is 24.6. The summed E-state index contributed by atoms with van der Waals surface area (Å²) in [7, 11) is 0. The van der Waals surface area contributed by atoms with Crippen molar-refractivity contribution in [1.82, 2.24) is 14.9 Å². The summed E-state index contributed by atoms with van der Waals surface area (Å²) >= 11 is 0. The zero-order valence-corrected chi connectivity index (χ0v) is 20.5. The van der Waals surface area contributed by atoms with Gasteiger partial charge in [-0.05, 0) is 30.9 Å². The summed E-state index contributed by atoms with van der Waals surface area (Å²) in [6.45, 7) is 9.79. The number of allylic oxidation sites excluding steroid dienone is 1. The molecule has 2 aromatic carbocycles. The predicted octanol–water partition coefficient (Wildman–Crippen LogP) is 4.89. The van der Waals surface area contributed by atoms with Gasteiger partial charge in [0, 0.05) is 56.0 Å². The molecule has 0 bridgehead atoms. The van der Waals surface area contributed by atoms with Crippen molar-refractivity contribution in [3.8, 4) is 11.4 Å². The number of aliphatic hydroxyl groups is 1. The molecule has 0 unspecified atom stereocenters. The van der Waals surface area contributed by atoms with Crippen molar-refractivity contribution >= 4 is 5.82 Å². The molecule has 6 heteroatoms. The number of halogens is 1.